The molecule has 3 N–H and O–H groups in total. The maximum atomic E-state index is 13.9. The first-order valence-electron chi connectivity index (χ1n) is 6.26. The van der Waals surface area contributed by atoms with Crippen LogP contribution in [0.4, 0.5) is 10.2 Å². The van der Waals surface area contributed by atoms with Crippen molar-refractivity contribution in [3.8, 4) is 0 Å². The number of hydrogen-bond acceptors (Lipinski definition) is 4. The van der Waals surface area contributed by atoms with Crippen LogP contribution in [0.25, 0.3) is 0 Å². The van der Waals surface area contributed by atoms with E-state index in [2.05, 4.69) is 15.3 Å². The van der Waals surface area contributed by atoms with Gasteiger partial charge in [0, 0.05) is 13.1 Å². The quantitative estimate of drug-likeness (QED) is 0.865. The largest absolute Gasteiger partial charge is 0.363 e. The van der Waals surface area contributed by atoms with Crippen LogP contribution in [0.5, 0.6) is 0 Å². The van der Waals surface area contributed by atoms with E-state index in [4.69, 9.17) is 5.73 Å². The second kappa shape index (κ2) is 6.24. The van der Waals surface area contributed by atoms with Crippen LogP contribution in [-0.2, 0) is 19.5 Å². The topological polar surface area (TPSA) is 63.8 Å². The summed E-state index contributed by atoms with van der Waals surface area (Å²) >= 11 is 0. The van der Waals surface area contributed by atoms with Gasteiger partial charge in [-0.25, -0.2) is 14.4 Å². The molecule has 4 nitrogen and oxygen atoms in total. The van der Waals surface area contributed by atoms with Gasteiger partial charge < -0.3 is 11.1 Å². The first-order valence-corrected chi connectivity index (χ1v) is 6.26. The van der Waals surface area contributed by atoms with Gasteiger partial charge in [0.1, 0.15) is 6.33 Å². The number of nitrogens with zero attached hydrogens (tertiary/aromatic N) is 2. The number of nitrogens with two attached hydrogens (primary N) is 1. The average Bonchev–Trinajstić information content (AvgIpc) is 2.46. The minimum Gasteiger partial charge on any atom is -0.363 e. The Morgan fingerprint density at radius 3 is 2.63 bits per heavy atom. The number of rotatable bonds is 5. The first-order chi connectivity index (χ1) is 9.26. The van der Waals surface area contributed by atoms with E-state index in [1.54, 1.807) is 0 Å². The third kappa shape index (κ3) is 3.06. The Balaban J connectivity index is 2.15. The molecule has 1 aromatic heterocycles. The number of benzene rings is 1. The molecule has 2 rings (SSSR count). The molecule has 0 amide bonds. The minimum absolute atomic E-state index is 0.235. The first kappa shape index (κ1) is 13.4. The predicted molar refractivity (Wildman–Crippen MR) is 73.0 cm³/mol. The zero-order valence-corrected chi connectivity index (χ0v) is 10.9. The summed E-state index contributed by atoms with van der Waals surface area (Å²) in [6.45, 7) is 2.81. The molecule has 0 atom stereocenters. The third-order valence-electron chi connectivity index (χ3n) is 2.98. The van der Waals surface area contributed by atoms with Gasteiger partial charge in [0.05, 0.1) is 5.69 Å². The lowest BCUT2D eigenvalue weighted by atomic mass is 10.1. The van der Waals surface area contributed by atoms with Crippen molar-refractivity contribution in [2.45, 2.75) is 26.4 Å². The predicted octanol–water partition coefficient (Wildman–Crippen LogP) is 2.25. The highest BCUT2D eigenvalue weighted by Gasteiger charge is 2.09. The van der Waals surface area contributed by atoms with Gasteiger partial charge in [-0.3, -0.25) is 0 Å². The fraction of sp³-hybridized carbons (Fsp3) is 0.286. The minimum atomic E-state index is -0.379. The molecule has 0 spiro atoms. The molecule has 0 aliphatic heterocycles. The number of anilines is 1. The summed E-state index contributed by atoms with van der Waals surface area (Å²) in [5.41, 5.74) is 8.17. The summed E-state index contributed by atoms with van der Waals surface area (Å²) in [7, 11) is 0. The van der Waals surface area contributed by atoms with Crippen LogP contribution < -0.4 is 11.1 Å². The van der Waals surface area contributed by atoms with Crippen molar-refractivity contribution in [1.82, 2.24) is 9.97 Å². The van der Waals surface area contributed by atoms with Gasteiger partial charge in [-0.15, -0.1) is 0 Å². The van der Waals surface area contributed by atoms with Gasteiger partial charge in [0.2, 0.25) is 0 Å². The molecule has 0 saturated heterocycles. The molecule has 1 heterocycles. The van der Waals surface area contributed by atoms with E-state index in [1.165, 1.54) is 6.33 Å². The zero-order valence-electron chi connectivity index (χ0n) is 10.9. The van der Waals surface area contributed by atoms with E-state index in [-0.39, 0.29) is 11.6 Å². The average molecular weight is 260 g/mol. The van der Waals surface area contributed by atoms with Crippen LogP contribution in [0.15, 0.2) is 30.6 Å². The van der Waals surface area contributed by atoms with Crippen molar-refractivity contribution >= 4 is 5.82 Å². The molecule has 0 aliphatic rings. The van der Waals surface area contributed by atoms with Crippen molar-refractivity contribution in [1.29, 1.82) is 0 Å². The molecule has 0 fully saturated rings. The van der Waals surface area contributed by atoms with Crippen LogP contribution >= 0.6 is 0 Å². The second-order valence-electron chi connectivity index (χ2n) is 4.16. The standard InChI is InChI=1S/C14H17FN4/c1-2-12-13(15)14(19-9-18-12)17-8-11-6-4-3-5-10(11)7-16/h3-6,9H,2,7-8,16H2,1H3,(H,17,18,19). The van der Waals surface area contributed by atoms with Gasteiger partial charge in [-0.1, -0.05) is 31.2 Å². The van der Waals surface area contributed by atoms with Crippen LogP contribution in [0.1, 0.15) is 23.7 Å². The van der Waals surface area contributed by atoms with E-state index >= 15 is 0 Å². The molecular formula is C14H17FN4. The van der Waals surface area contributed by atoms with Crippen LogP contribution in [-0.4, -0.2) is 9.97 Å². The van der Waals surface area contributed by atoms with Crippen LogP contribution in [0.3, 0.4) is 0 Å². The molecule has 0 bridgehead atoms. The highest BCUT2D eigenvalue weighted by atomic mass is 19.1. The second-order valence-corrected chi connectivity index (χ2v) is 4.16. The number of hydrogen-bond donors (Lipinski definition) is 2. The Hall–Kier alpha value is -2.01. The van der Waals surface area contributed by atoms with E-state index in [1.807, 2.05) is 31.2 Å². The van der Waals surface area contributed by atoms with Crippen LogP contribution in [0.2, 0.25) is 0 Å². The molecule has 0 saturated carbocycles. The summed E-state index contributed by atoms with van der Waals surface area (Å²) in [5.74, 6) is -0.145. The Kier molecular flexibility index (Phi) is 4.41. The molecule has 2 aromatic rings. The molecule has 0 radical (unpaired) electrons. The third-order valence-corrected chi connectivity index (χ3v) is 2.98. The number of nitrogens with one attached hydrogen (secondary N) is 1. The van der Waals surface area contributed by atoms with Crippen molar-refractivity contribution in [2.24, 2.45) is 5.73 Å². The Labute approximate surface area is 111 Å². The summed E-state index contributed by atoms with van der Waals surface area (Å²) in [4.78, 5) is 7.83. The lowest BCUT2D eigenvalue weighted by molar-refractivity contribution is 0.596. The lowest BCUT2D eigenvalue weighted by Crippen LogP contribution is -2.09. The molecule has 1 aromatic carbocycles. The Bertz CT molecular complexity index is 557. The fourth-order valence-electron chi connectivity index (χ4n) is 1.88. The maximum absolute atomic E-state index is 13.9. The molecular weight excluding hydrogens is 243 g/mol. The Morgan fingerprint density at radius 1 is 1.21 bits per heavy atom. The summed E-state index contributed by atoms with van der Waals surface area (Å²) in [5, 5.41) is 3.00. The normalized spacial score (nSPS) is 10.5. The van der Waals surface area contributed by atoms with Crippen molar-refractivity contribution in [3.63, 3.8) is 0 Å². The molecule has 0 aliphatic carbocycles. The number of aromatic nitrogens is 2. The summed E-state index contributed by atoms with van der Waals surface area (Å²) in [6, 6.07) is 7.80. The molecule has 5 heteroatoms. The summed E-state index contributed by atoms with van der Waals surface area (Å²) in [6.07, 6.45) is 1.92. The van der Waals surface area contributed by atoms with Crippen molar-refractivity contribution in [2.75, 3.05) is 5.32 Å². The molecule has 100 valence electrons. The fourth-order valence-corrected chi connectivity index (χ4v) is 1.88. The van der Waals surface area contributed by atoms with E-state index in [0.29, 0.717) is 25.2 Å². The lowest BCUT2D eigenvalue weighted by Gasteiger charge is -2.11. The zero-order chi connectivity index (χ0) is 13.7. The van der Waals surface area contributed by atoms with Gasteiger partial charge in [-0.2, -0.15) is 0 Å². The van der Waals surface area contributed by atoms with Gasteiger partial charge in [0.15, 0.2) is 11.6 Å². The van der Waals surface area contributed by atoms with E-state index in [9.17, 15) is 4.39 Å². The highest BCUT2D eigenvalue weighted by Crippen LogP contribution is 2.15. The monoisotopic (exact) mass is 260 g/mol. The number of halogens is 1. The van der Waals surface area contributed by atoms with Gasteiger partial charge in [0.25, 0.3) is 0 Å². The smallest absolute Gasteiger partial charge is 0.186 e. The van der Waals surface area contributed by atoms with Crippen molar-refractivity contribution < 1.29 is 4.39 Å². The SMILES string of the molecule is CCc1ncnc(NCc2ccccc2CN)c1F. The number of aryl methyl sites for hydroxylation is 1. The van der Waals surface area contributed by atoms with Crippen molar-refractivity contribution in [3.05, 3.63) is 53.2 Å². The highest BCUT2D eigenvalue weighted by molar-refractivity contribution is 5.39. The van der Waals surface area contributed by atoms with Gasteiger partial charge in [-0.05, 0) is 17.5 Å². The maximum Gasteiger partial charge on any atom is 0.186 e. The molecule has 0 unspecified atom stereocenters. The molecule has 19 heavy (non-hydrogen) atoms. The van der Waals surface area contributed by atoms with Crippen LogP contribution in [0, 0.1) is 5.82 Å². The Morgan fingerprint density at radius 2 is 1.95 bits per heavy atom. The van der Waals surface area contributed by atoms with E-state index < -0.39 is 0 Å². The summed E-state index contributed by atoms with van der Waals surface area (Å²) < 4.78 is 13.9. The van der Waals surface area contributed by atoms with E-state index in [0.717, 1.165) is 11.1 Å². The van der Waals surface area contributed by atoms with Gasteiger partial charge >= 0.3 is 0 Å².